The molecule has 0 saturated carbocycles. The molecule has 0 amide bonds. The summed E-state index contributed by atoms with van der Waals surface area (Å²) >= 11 is 0. The summed E-state index contributed by atoms with van der Waals surface area (Å²) < 4.78 is 10.6. The first-order chi connectivity index (χ1) is 13.5. The summed E-state index contributed by atoms with van der Waals surface area (Å²) in [6.07, 6.45) is 3.78. The van der Waals surface area contributed by atoms with Crippen molar-refractivity contribution in [2.45, 2.75) is 26.9 Å². The third-order valence-corrected chi connectivity index (χ3v) is 3.87. The topological polar surface area (TPSA) is 99.8 Å². The van der Waals surface area contributed by atoms with E-state index in [-0.39, 0.29) is 5.75 Å². The molecule has 0 bridgehead atoms. The van der Waals surface area contributed by atoms with Gasteiger partial charge in [0.25, 0.3) is 0 Å². The third-order valence-electron chi connectivity index (χ3n) is 3.87. The second-order valence-corrected chi connectivity index (χ2v) is 6.01. The molecule has 0 aliphatic heterocycles. The number of ether oxygens (including phenoxy) is 2. The average Bonchev–Trinajstić information content (AvgIpc) is 2.66. The molecule has 0 aliphatic rings. The van der Waals surface area contributed by atoms with Gasteiger partial charge in [-0.25, -0.2) is 4.98 Å². The maximum Gasteiger partial charge on any atom is 0.164 e. The van der Waals surface area contributed by atoms with Crippen LogP contribution in [0.2, 0.25) is 0 Å². The van der Waals surface area contributed by atoms with E-state index in [0.717, 1.165) is 16.8 Å². The quantitative estimate of drug-likeness (QED) is 0.391. The molecule has 7 heteroatoms. The summed E-state index contributed by atoms with van der Waals surface area (Å²) in [5.41, 5.74) is 6.13. The second kappa shape index (κ2) is 10.1. The van der Waals surface area contributed by atoms with E-state index in [2.05, 4.69) is 28.2 Å². The van der Waals surface area contributed by atoms with Gasteiger partial charge in [0.05, 0.1) is 19.4 Å². The number of aromatic nitrogens is 1. The number of methoxy groups -OCH3 is 1. The number of aryl methyl sites for hydroxylation is 1. The van der Waals surface area contributed by atoms with Gasteiger partial charge in [-0.1, -0.05) is 6.08 Å². The molecule has 0 unspecified atom stereocenters. The molecule has 0 spiro atoms. The minimum absolute atomic E-state index is 0.100. The summed E-state index contributed by atoms with van der Waals surface area (Å²) in [6.45, 7) is 8.14. The number of allylic oxidation sites excluding steroid dienone is 1. The van der Waals surface area contributed by atoms with Gasteiger partial charge in [0.1, 0.15) is 11.6 Å². The Morgan fingerprint density at radius 3 is 2.79 bits per heavy atom. The highest BCUT2D eigenvalue weighted by atomic mass is 16.5. The van der Waals surface area contributed by atoms with E-state index >= 15 is 0 Å². The fourth-order valence-electron chi connectivity index (χ4n) is 2.72. The molecule has 2 N–H and O–H groups in total. The number of aromatic hydroxyl groups is 1. The Morgan fingerprint density at radius 2 is 2.14 bits per heavy atom. The van der Waals surface area contributed by atoms with Gasteiger partial charge >= 0.3 is 0 Å². The predicted octanol–water partition coefficient (Wildman–Crippen LogP) is 3.69. The number of phenolic OH excluding ortho intramolecular Hbond substituents is 1. The number of phenols is 1. The van der Waals surface area contributed by atoms with Crippen molar-refractivity contribution in [2.24, 2.45) is 5.10 Å². The minimum atomic E-state index is 0.100. The lowest BCUT2D eigenvalue weighted by Crippen LogP contribution is -2.03. The fourth-order valence-corrected chi connectivity index (χ4v) is 2.72. The summed E-state index contributed by atoms with van der Waals surface area (Å²) in [5, 5.41) is 23.9. The van der Waals surface area contributed by atoms with E-state index in [4.69, 9.17) is 9.47 Å². The number of hydrogen-bond donors (Lipinski definition) is 2. The molecule has 28 heavy (non-hydrogen) atoms. The molecule has 146 valence electrons. The lowest BCUT2D eigenvalue weighted by atomic mass is 10.1. The van der Waals surface area contributed by atoms with Gasteiger partial charge in [-0.2, -0.15) is 10.4 Å². The average molecular weight is 380 g/mol. The van der Waals surface area contributed by atoms with E-state index in [0.29, 0.717) is 42.3 Å². The van der Waals surface area contributed by atoms with Crippen LogP contribution in [-0.2, 0) is 17.8 Å². The molecule has 1 aromatic carbocycles. The Hall–Kier alpha value is -3.37. The van der Waals surface area contributed by atoms with Gasteiger partial charge in [0.2, 0.25) is 0 Å². The number of hydrazone groups is 1. The monoisotopic (exact) mass is 380 g/mol. The standard InChI is InChI=1S/C21H24N4O3/c1-5-7-16-9-15(10-19(20(16)26)28-6-2)12-23-25-21-18(11-22)17(13-27-4)8-14(3)24-21/h5,8-10,12,26H,1,6-7,13H2,2-4H3,(H,24,25)/b23-12+. The van der Waals surface area contributed by atoms with E-state index in [1.807, 2.05) is 19.9 Å². The van der Waals surface area contributed by atoms with Crippen molar-refractivity contribution in [3.63, 3.8) is 0 Å². The molecule has 0 saturated heterocycles. The maximum atomic E-state index is 10.3. The van der Waals surface area contributed by atoms with E-state index in [1.54, 1.807) is 31.5 Å². The van der Waals surface area contributed by atoms with Crippen LogP contribution in [0.1, 0.15) is 34.9 Å². The van der Waals surface area contributed by atoms with Crippen molar-refractivity contribution in [1.82, 2.24) is 4.98 Å². The molecule has 7 nitrogen and oxygen atoms in total. The first kappa shape index (κ1) is 20.9. The van der Waals surface area contributed by atoms with Crippen molar-refractivity contribution in [3.8, 4) is 17.6 Å². The van der Waals surface area contributed by atoms with Crippen LogP contribution in [0, 0.1) is 18.3 Å². The van der Waals surface area contributed by atoms with Crippen molar-refractivity contribution >= 4 is 12.0 Å². The zero-order valence-corrected chi connectivity index (χ0v) is 16.3. The largest absolute Gasteiger partial charge is 0.504 e. The second-order valence-electron chi connectivity index (χ2n) is 6.01. The number of hydrogen-bond acceptors (Lipinski definition) is 7. The van der Waals surface area contributed by atoms with E-state index in [1.165, 1.54) is 0 Å². The number of rotatable bonds is 9. The van der Waals surface area contributed by atoms with Crippen LogP contribution < -0.4 is 10.2 Å². The van der Waals surface area contributed by atoms with E-state index in [9.17, 15) is 10.4 Å². The van der Waals surface area contributed by atoms with Crippen molar-refractivity contribution < 1.29 is 14.6 Å². The Morgan fingerprint density at radius 1 is 1.36 bits per heavy atom. The number of nitrogens with one attached hydrogen (secondary N) is 1. The lowest BCUT2D eigenvalue weighted by Gasteiger charge is -2.11. The number of nitriles is 1. The SMILES string of the molecule is C=CCc1cc(/C=N/Nc2nc(C)cc(COC)c2C#N)cc(OCC)c1O. The summed E-state index contributed by atoms with van der Waals surface area (Å²) in [4.78, 5) is 4.35. The van der Waals surface area contributed by atoms with Gasteiger partial charge in [0.15, 0.2) is 17.3 Å². The number of benzene rings is 1. The molecule has 0 fully saturated rings. The van der Waals surface area contributed by atoms with Crippen LogP contribution in [0.4, 0.5) is 5.82 Å². The molecular formula is C21H24N4O3. The fraction of sp³-hybridized carbons (Fsp3) is 0.286. The molecule has 2 aromatic rings. The number of anilines is 1. The molecule has 0 aliphatic carbocycles. The van der Waals surface area contributed by atoms with Gasteiger partial charge in [0, 0.05) is 23.9 Å². The summed E-state index contributed by atoms with van der Waals surface area (Å²) in [7, 11) is 1.57. The van der Waals surface area contributed by atoms with Crippen molar-refractivity contribution in [1.29, 1.82) is 5.26 Å². The van der Waals surface area contributed by atoms with Gasteiger partial charge in [-0.05, 0) is 44.0 Å². The van der Waals surface area contributed by atoms with Crippen LogP contribution in [0.3, 0.4) is 0 Å². The molecule has 0 atom stereocenters. The van der Waals surface area contributed by atoms with Crippen LogP contribution in [0.25, 0.3) is 0 Å². The van der Waals surface area contributed by atoms with Crippen molar-refractivity contribution in [3.05, 3.63) is 58.8 Å². The van der Waals surface area contributed by atoms with Gasteiger partial charge < -0.3 is 14.6 Å². The van der Waals surface area contributed by atoms with Crippen molar-refractivity contribution in [2.75, 3.05) is 19.1 Å². The zero-order chi connectivity index (χ0) is 20.5. The van der Waals surface area contributed by atoms with Crippen LogP contribution >= 0.6 is 0 Å². The Labute approximate surface area is 164 Å². The highest BCUT2D eigenvalue weighted by molar-refractivity contribution is 5.82. The van der Waals surface area contributed by atoms with Gasteiger partial charge in [-0.15, -0.1) is 6.58 Å². The molecule has 1 heterocycles. The minimum Gasteiger partial charge on any atom is -0.504 e. The lowest BCUT2D eigenvalue weighted by molar-refractivity contribution is 0.184. The predicted molar refractivity (Wildman–Crippen MR) is 109 cm³/mol. The Balaban J connectivity index is 2.32. The molecule has 1 aromatic heterocycles. The number of nitrogens with zero attached hydrogens (tertiary/aromatic N) is 3. The summed E-state index contributed by atoms with van der Waals surface area (Å²) in [5.74, 6) is 0.848. The smallest absolute Gasteiger partial charge is 0.164 e. The first-order valence-electron chi connectivity index (χ1n) is 8.82. The zero-order valence-electron chi connectivity index (χ0n) is 16.3. The highest BCUT2D eigenvalue weighted by Crippen LogP contribution is 2.32. The summed E-state index contributed by atoms with van der Waals surface area (Å²) in [6, 6.07) is 7.45. The third kappa shape index (κ3) is 5.09. The van der Waals surface area contributed by atoms with Crippen LogP contribution in [0.5, 0.6) is 11.5 Å². The Kier molecular flexibility index (Phi) is 7.55. The Bertz CT molecular complexity index is 917. The first-order valence-corrected chi connectivity index (χ1v) is 8.82. The molecule has 0 radical (unpaired) electrons. The maximum absolute atomic E-state index is 10.3. The van der Waals surface area contributed by atoms with E-state index < -0.39 is 0 Å². The molecular weight excluding hydrogens is 356 g/mol. The molecule has 2 rings (SSSR count). The van der Waals surface area contributed by atoms with Gasteiger partial charge in [-0.3, -0.25) is 5.43 Å². The van der Waals surface area contributed by atoms with Crippen LogP contribution in [0.15, 0.2) is 36.0 Å². The number of pyridine rings is 1. The van der Waals surface area contributed by atoms with Crippen LogP contribution in [-0.4, -0.2) is 30.0 Å². The highest BCUT2D eigenvalue weighted by Gasteiger charge is 2.12. The normalized spacial score (nSPS) is 10.6.